The van der Waals surface area contributed by atoms with Crippen molar-refractivity contribution in [3.05, 3.63) is 22.4 Å². The third-order valence-corrected chi connectivity index (χ3v) is 6.31. The lowest BCUT2D eigenvalue weighted by Gasteiger charge is -2.36. The molecule has 2 fully saturated rings. The molecule has 2 aliphatic heterocycles. The highest BCUT2D eigenvalue weighted by Gasteiger charge is 2.73. The molecule has 156 valence electrons. The lowest BCUT2D eigenvalue weighted by atomic mass is 9.85. The Labute approximate surface area is 161 Å². The number of thiophene rings is 1. The lowest BCUT2D eigenvalue weighted by molar-refractivity contribution is -0.334. The molecule has 28 heavy (non-hydrogen) atoms. The predicted molar refractivity (Wildman–Crippen MR) is 88.7 cm³/mol. The van der Waals surface area contributed by atoms with Gasteiger partial charge in [0.05, 0.1) is 10.8 Å². The molecule has 0 bridgehead atoms. The van der Waals surface area contributed by atoms with Crippen LogP contribution >= 0.6 is 11.3 Å². The zero-order chi connectivity index (χ0) is 20.7. The first-order valence-corrected chi connectivity index (χ1v) is 9.59. The van der Waals surface area contributed by atoms with Crippen molar-refractivity contribution in [2.24, 2.45) is 11.3 Å². The molecule has 1 atom stereocenters. The molecular weight excluding hydrogens is 410 g/mol. The molecule has 2 aliphatic rings. The first kappa shape index (κ1) is 20.9. The predicted octanol–water partition coefficient (Wildman–Crippen LogP) is 3.94. The van der Waals surface area contributed by atoms with Gasteiger partial charge in [-0.15, -0.1) is 11.3 Å². The van der Waals surface area contributed by atoms with Gasteiger partial charge in [-0.2, -0.15) is 26.3 Å². The van der Waals surface area contributed by atoms with E-state index in [1.54, 1.807) is 17.5 Å². The molecule has 4 nitrogen and oxygen atoms in total. The van der Waals surface area contributed by atoms with Crippen LogP contribution in [0, 0.1) is 11.3 Å². The van der Waals surface area contributed by atoms with E-state index in [0.29, 0.717) is 29.2 Å². The number of alkyl halides is 6. The van der Waals surface area contributed by atoms with Gasteiger partial charge in [0, 0.05) is 26.2 Å². The number of likely N-dealkylation sites (tertiary alicyclic amines) is 2. The molecule has 1 unspecified atom stereocenters. The average molecular weight is 428 g/mol. The fourth-order valence-electron chi connectivity index (χ4n) is 3.80. The molecule has 3 heterocycles. The molecule has 0 aromatic carbocycles. The molecule has 0 spiro atoms. The second-order valence-electron chi connectivity index (χ2n) is 7.16. The second kappa shape index (κ2) is 7.23. The van der Waals surface area contributed by atoms with Crippen molar-refractivity contribution in [3.63, 3.8) is 0 Å². The van der Waals surface area contributed by atoms with E-state index < -0.39 is 49.1 Å². The van der Waals surface area contributed by atoms with Gasteiger partial charge in [-0.25, -0.2) is 0 Å². The topological polar surface area (TPSA) is 40.6 Å². The quantitative estimate of drug-likeness (QED) is 0.670. The van der Waals surface area contributed by atoms with E-state index in [0.717, 1.165) is 0 Å². The van der Waals surface area contributed by atoms with E-state index in [1.807, 2.05) is 0 Å². The Morgan fingerprint density at radius 3 is 2.29 bits per heavy atom. The fraction of sp³-hybridized carbons (Fsp3) is 0.647. The SMILES string of the molecule is O=C(c1cccs1)N1CCCC(C(=O)N2CCC(C(F)(F)F)(C(F)(F)F)C2)C1. The fourth-order valence-corrected chi connectivity index (χ4v) is 4.49. The van der Waals surface area contributed by atoms with E-state index >= 15 is 0 Å². The highest BCUT2D eigenvalue weighted by atomic mass is 32.1. The highest BCUT2D eigenvalue weighted by Crippen LogP contribution is 2.55. The van der Waals surface area contributed by atoms with E-state index in [4.69, 9.17) is 0 Å². The molecule has 0 saturated carbocycles. The summed E-state index contributed by atoms with van der Waals surface area (Å²) in [5, 5.41) is 1.72. The van der Waals surface area contributed by atoms with Gasteiger partial charge in [0.25, 0.3) is 5.91 Å². The summed E-state index contributed by atoms with van der Waals surface area (Å²) < 4.78 is 79.2. The Kier molecular flexibility index (Phi) is 5.41. The van der Waals surface area contributed by atoms with Gasteiger partial charge in [-0.05, 0) is 30.7 Å². The number of piperidine rings is 1. The minimum atomic E-state index is -5.49. The standard InChI is InChI=1S/C17H18F6N2O2S/c18-16(19,20)15(17(21,22)23)5-7-25(10-15)13(26)11-3-1-6-24(9-11)14(27)12-4-2-8-28-12/h2,4,8,11H,1,3,5-7,9-10H2. The number of halogens is 6. The Hall–Kier alpha value is -1.78. The van der Waals surface area contributed by atoms with E-state index in [9.17, 15) is 35.9 Å². The summed E-state index contributed by atoms with van der Waals surface area (Å²) in [6, 6.07) is 3.32. The first-order valence-electron chi connectivity index (χ1n) is 8.71. The van der Waals surface area contributed by atoms with Crippen LogP contribution in [0.15, 0.2) is 17.5 Å². The van der Waals surface area contributed by atoms with Crippen molar-refractivity contribution in [1.29, 1.82) is 0 Å². The number of carbonyl (C=O) groups excluding carboxylic acids is 2. The minimum Gasteiger partial charge on any atom is -0.341 e. The Balaban J connectivity index is 1.71. The number of amides is 2. The number of hydrogen-bond acceptors (Lipinski definition) is 3. The summed E-state index contributed by atoms with van der Waals surface area (Å²) in [5.74, 6) is -1.83. The summed E-state index contributed by atoms with van der Waals surface area (Å²) >= 11 is 1.23. The largest absolute Gasteiger partial charge is 0.404 e. The van der Waals surface area contributed by atoms with Crippen LogP contribution in [-0.2, 0) is 4.79 Å². The normalized spacial score (nSPS) is 23.1. The maximum Gasteiger partial charge on any atom is 0.404 e. The molecule has 1 aromatic rings. The lowest BCUT2D eigenvalue weighted by Crippen LogP contribution is -2.53. The monoisotopic (exact) mass is 428 g/mol. The maximum atomic E-state index is 13.2. The van der Waals surface area contributed by atoms with Gasteiger partial charge in [0.2, 0.25) is 5.91 Å². The summed E-state index contributed by atoms with van der Waals surface area (Å²) in [6.45, 7) is -1.63. The van der Waals surface area contributed by atoms with E-state index in [2.05, 4.69) is 0 Å². The summed E-state index contributed by atoms with van der Waals surface area (Å²) in [5.41, 5.74) is -3.89. The van der Waals surface area contributed by atoms with E-state index in [-0.39, 0.29) is 12.5 Å². The molecule has 2 saturated heterocycles. The van der Waals surface area contributed by atoms with Crippen molar-refractivity contribution in [2.75, 3.05) is 26.2 Å². The second-order valence-corrected chi connectivity index (χ2v) is 8.10. The third kappa shape index (κ3) is 3.60. The van der Waals surface area contributed by atoms with Gasteiger partial charge in [0.15, 0.2) is 5.41 Å². The zero-order valence-electron chi connectivity index (χ0n) is 14.6. The number of carbonyl (C=O) groups is 2. The van der Waals surface area contributed by atoms with Crippen LogP contribution in [0.2, 0.25) is 0 Å². The third-order valence-electron chi connectivity index (χ3n) is 5.46. The summed E-state index contributed by atoms with van der Waals surface area (Å²) in [7, 11) is 0. The molecule has 0 aliphatic carbocycles. The number of hydrogen-bond donors (Lipinski definition) is 0. The van der Waals surface area contributed by atoms with Gasteiger partial charge in [-0.3, -0.25) is 9.59 Å². The molecule has 11 heteroatoms. The molecule has 0 radical (unpaired) electrons. The minimum absolute atomic E-state index is 0.00287. The Morgan fingerprint density at radius 1 is 1.07 bits per heavy atom. The molecule has 3 rings (SSSR count). The molecule has 2 amide bonds. The van der Waals surface area contributed by atoms with Crippen molar-refractivity contribution in [2.45, 2.75) is 31.6 Å². The first-order chi connectivity index (χ1) is 13.0. The van der Waals surface area contributed by atoms with Crippen LogP contribution in [-0.4, -0.2) is 60.1 Å². The van der Waals surface area contributed by atoms with Crippen molar-refractivity contribution in [1.82, 2.24) is 9.80 Å². The molecular formula is C17H18F6N2O2S. The van der Waals surface area contributed by atoms with Crippen LogP contribution < -0.4 is 0 Å². The van der Waals surface area contributed by atoms with Crippen LogP contribution in [0.25, 0.3) is 0 Å². The van der Waals surface area contributed by atoms with Crippen LogP contribution in [0.4, 0.5) is 26.3 Å². The average Bonchev–Trinajstić information content (AvgIpc) is 3.29. The van der Waals surface area contributed by atoms with Crippen LogP contribution in [0.1, 0.15) is 28.9 Å². The van der Waals surface area contributed by atoms with Gasteiger partial charge in [-0.1, -0.05) is 6.07 Å². The van der Waals surface area contributed by atoms with E-state index in [1.165, 1.54) is 16.2 Å². The molecule has 1 aromatic heterocycles. The van der Waals surface area contributed by atoms with Crippen molar-refractivity contribution >= 4 is 23.2 Å². The summed E-state index contributed by atoms with van der Waals surface area (Å²) in [4.78, 5) is 27.7. The van der Waals surface area contributed by atoms with Crippen molar-refractivity contribution in [3.8, 4) is 0 Å². The van der Waals surface area contributed by atoms with Crippen LogP contribution in [0.5, 0.6) is 0 Å². The Morgan fingerprint density at radius 2 is 1.75 bits per heavy atom. The molecule has 0 N–H and O–H groups in total. The number of rotatable bonds is 2. The zero-order valence-corrected chi connectivity index (χ0v) is 15.5. The smallest absolute Gasteiger partial charge is 0.341 e. The van der Waals surface area contributed by atoms with Gasteiger partial charge >= 0.3 is 12.4 Å². The summed E-state index contributed by atoms with van der Waals surface area (Å²) in [6.07, 6.45) is -11.4. The van der Waals surface area contributed by atoms with Crippen molar-refractivity contribution < 1.29 is 35.9 Å². The van der Waals surface area contributed by atoms with Gasteiger partial charge < -0.3 is 9.80 Å². The van der Waals surface area contributed by atoms with Gasteiger partial charge in [0.1, 0.15) is 0 Å². The van der Waals surface area contributed by atoms with Crippen LogP contribution in [0.3, 0.4) is 0 Å². The Bertz CT molecular complexity index is 717. The highest BCUT2D eigenvalue weighted by molar-refractivity contribution is 7.12. The number of nitrogens with zero attached hydrogens (tertiary/aromatic N) is 2. The maximum absolute atomic E-state index is 13.2.